The Bertz CT molecular complexity index is 1700. The number of anilines is 1. The zero-order valence-corrected chi connectivity index (χ0v) is 18.8. The standard InChI is InChI=1S/C31H21N3O/c1-3-9-20(10-4-1)28-25-13-7-8-14-26(25)32-30(34-28)23-15-17-24-22(19-23)16-18-27-29(24)35-31(33-27)21-11-5-2-6-12-21/h1-19,31,33H. The molecule has 1 aromatic heterocycles. The Balaban J connectivity index is 1.33. The number of nitrogens with zero attached hydrogens (tertiary/aromatic N) is 2. The lowest BCUT2D eigenvalue weighted by Crippen LogP contribution is -2.09. The van der Waals surface area contributed by atoms with Gasteiger partial charge in [0.05, 0.1) is 16.9 Å². The van der Waals surface area contributed by atoms with Crippen molar-refractivity contribution >= 4 is 27.4 Å². The Kier molecular flexibility index (Phi) is 4.49. The summed E-state index contributed by atoms with van der Waals surface area (Å²) in [5.74, 6) is 1.60. The first kappa shape index (κ1) is 19.7. The molecule has 1 atom stereocenters. The predicted molar refractivity (Wildman–Crippen MR) is 141 cm³/mol. The summed E-state index contributed by atoms with van der Waals surface area (Å²) < 4.78 is 6.34. The summed E-state index contributed by atoms with van der Waals surface area (Å²) in [5.41, 5.74) is 6.05. The fourth-order valence-electron chi connectivity index (χ4n) is 4.77. The highest BCUT2D eigenvalue weighted by Crippen LogP contribution is 2.43. The van der Waals surface area contributed by atoms with Gasteiger partial charge < -0.3 is 10.1 Å². The molecule has 0 saturated carbocycles. The van der Waals surface area contributed by atoms with Crippen LogP contribution in [-0.2, 0) is 0 Å². The van der Waals surface area contributed by atoms with Crippen LogP contribution in [0.25, 0.3) is 44.3 Å². The highest BCUT2D eigenvalue weighted by atomic mass is 16.5. The molecule has 0 radical (unpaired) electrons. The van der Waals surface area contributed by atoms with Crippen LogP contribution in [0.5, 0.6) is 5.75 Å². The normalized spacial score (nSPS) is 14.5. The highest BCUT2D eigenvalue weighted by Gasteiger charge is 2.25. The van der Waals surface area contributed by atoms with E-state index in [1.165, 1.54) is 0 Å². The smallest absolute Gasteiger partial charge is 0.196 e. The van der Waals surface area contributed by atoms with Gasteiger partial charge >= 0.3 is 0 Å². The quantitative estimate of drug-likeness (QED) is 0.301. The average molecular weight is 452 g/mol. The van der Waals surface area contributed by atoms with Crippen molar-refractivity contribution < 1.29 is 4.74 Å². The van der Waals surface area contributed by atoms with Crippen molar-refractivity contribution in [1.82, 2.24) is 9.97 Å². The zero-order valence-electron chi connectivity index (χ0n) is 18.8. The van der Waals surface area contributed by atoms with Gasteiger partial charge in [-0.1, -0.05) is 91.0 Å². The molecule has 2 heterocycles. The SMILES string of the molecule is c1ccc(-c2nc(-c3ccc4c5c(ccc4c3)NC(c3ccccc3)O5)nc3ccccc23)cc1. The van der Waals surface area contributed by atoms with Gasteiger partial charge in [0.15, 0.2) is 17.8 Å². The molecule has 0 bridgehead atoms. The molecule has 1 N–H and O–H groups in total. The van der Waals surface area contributed by atoms with Crippen LogP contribution in [-0.4, -0.2) is 9.97 Å². The maximum atomic E-state index is 6.34. The molecular weight excluding hydrogens is 430 g/mol. The second kappa shape index (κ2) is 7.96. The third-order valence-corrected chi connectivity index (χ3v) is 6.50. The van der Waals surface area contributed by atoms with Crippen molar-refractivity contribution in [1.29, 1.82) is 0 Å². The fraction of sp³-hybridized carbons (Fsp3) is 0.0323. The summed E-state index contributed by atoms with van der Waals surface area (Å²) in [5, 5.41) is 6.70. The molecule has 4 heteroatoms. The van der Waals surface area contributed by atoms with Crippen LogP contribution in [0.3, 0.4) is 0 Å². The van der Waals surface area contributed by atoms with Crippen LogP contribution in [0.4, 0.5) is 5.69 Å². The number of fused-ring (bicyclic) bond motifs is 4. The number of rotatable bonds is 3. The lowest BCUT2D eigenvalue weighted by atomic mass is 10.0. The van der Waals surface area contributed by atoms with E-state index in [0.717, 1.165) is 55.5 Å². The minimum absolute atomic E-state index is 0.186. The number of para-hydroxylation sites is 1. The highest BCUT2D eigenvalue weighted by molar-refractivity contribution is 5.98. The molecule has 5 aromatic carbocycles. The van der Waals surface area contributed by atoms with Crippen LogP contribution in [0.2, 0.25) is 0 Å². The summed E-state index contributed by atoms with van der Waals surface area (Å²) in [7, 11) is 0. The lowest BCUT2D eigenvalue weighted by Gasteiger charge is -2.12. The average Bonchev–Trinajstić information content (AvgIpc) is 3.38. The number of nitrogens with one attached hydrogen (secondary N) is 1. The summed E-state index contributed by atoms with van der Waals surface area (Å²) in [4.78, 5) is 9.93. The number of hydrogen-bond acceptors (Lipinski definition) is 4. The zero-order chi connectivity index (χ0) is 23.2. The minimum atomic E-state index is -0.186. The molecule has 1 unspecified atom stereocenters. The van der Waals surface area contributed by atoms with Crippen molar-refractivity contribution in [3.05, 3.63) is 121 Å². The van der Waals surface area contributed by atoms with E-state index in [1.807, 2.05) is 54.6 Å². The van der Waals surface area contributed by atoms with Gasteiger partial charge in [0.2, 0.25) is 0 Å². The molecule has 0 spiro atoms. The lowest BCUT2D eigenvalue weighted by molar-refractivity contribution is 0.262. The van der Waals surface area contributed by atoms with Gasteiger partial charge in [-0.15, -0.1) is 0 Å². The van der Waals surface area contributed by atoms with E-state index in [0.29, 0.717) is 5.82 Å². The van der Waals surface area contributed by atoms with Crippen molar-refractivity contribution in [2.75, 3.05) is 5.32 Å². The molecule has 0 aliphatic carbocycles. The van der Waals surface area contributed by atoms with Gasteiger partial charge in [0.25, 0.3) is 0 Å². The summed E-state index contributed by atoms with van der Waals surface area (Å²) in [6.45, 7) is 0. The monoisotopic (exact) mass is 451 g/mol. The van der Waals surface area contributed by atoms with Gasteiger partial charge in [-0.3, -0.25) is 0 Å². The van der Waals surface area contributed by atoms with Crippen LogP contribution >= 0.6 is 0 Å². The van der Waals surface area contributed by atoms with Crippen molar-refractivity contribution in [3.8, 4) is 28.4 Å². The predicted octanol–water partition coefficient (Wildman–Crippen LogP) is 7.62. The number of aromatic nitrogens is 2. The Morgan fingerprint density at radius 2 is 1.40 bits per heavy atom. The van der Waals surface area contributed by atoms with E-state index >= 15 is 0 Å². The number of benzene rings is 5. The van der Waals surface area contributed by atoms with Crippen LogP contribution in [0, 0.1) is 0 Å². The Morgan fingerprint density at radius 1 is 0.629 bits per heavy atom. The first-order chi connectivity index (χ1) is 17.3. The summed E-state index contributed by atoms with van der Waals surface area (Å²) in [6, 6.07) is 39.2. The molecule has 166 valence electrons. The topological polar surface area (TPSA) is 47.0 Å². The molecule has 1 aliphatic rings. The Labute approximate surface area is 202 Å². The summed E-state index contributed by atoms with van der Waals surface area (Å²) >= 11 is 0. The molecule has 0 saturated heterocycles. The largest absolute Gasteiger partial charge is 0.464 e. The molecule has 6 aromatic rings. The molecule has 0 amide bonds. The molecule has 35 heavy (non-hydrogen) atoms. The molecule has 7 rings (SSSR count). The van der Waals surface area contributed by atoms with Gasteiger partial charge in [-0.05, 0) is 29.7 Å². The Morgan fingerprint density at radius 3 is 2.26 bits per heavy atom. The van der Waals surface area contributed by atoms with Crippen molar-refractivity contribution in [2.24, 2.45) is 0 Å². The van der Waals surface area contributed by atoms with E-state index in [4.69, 9.17) is 14.7 Å². The second-order valence-electron chi connectivity index (χ2n) is 8.71. The van der Waals surface area contributed by atoms with Crippen LogP contribution in [0.15, 0.2) is 115 Å². The second-order valence-corrected chi connectivity index (χ2v) is 8.71. The van der Waals surface area contributed by atoms with Gasteiger partial charge in [0, 0.05) is 27.5 Å². The third kappa shape index (κ3) is 3.39. The van der Waals surface area contributed by atoms with E-state index < -0.39 is 0 Å². The first-order valence-corrected chi connectivity index (χ1v) is 11.7. The molecular formula is C31H21N3O. The van der Waals surface area contributed by atoms with E-state index in [9.17, 15) is 0 Å². The van der Waals surface area contributed by atoms with Crippen LogP contribution < -0.4 is 10.1 Å². The Hall–Kier alpha value is -4.70. The van der Waals surface area contributed by atoms with Crippen molar-refractivity contribution in [2.45, 2.75) is 6.23 Å². The van der Waals surface area contributed by atoms with Crippen molar-refractivity contribution in [3.63, 3.8) is 0 Å². The maximum Gasteiger partial charge on any atom is 0.196 e. The number of ether oxygens (including phenoxy) is 1. The number of hydrogen-bond donors (Lipinski definition) is 1. The first-order valence-electron chi connectivity index (χ1n) is 11.7. The van der Waals surface area contributed by atoms with Gasteiger partial charge in [-0.2, -0.15) is 0 Å². The van der Waals surface area contributed by atoms with Gasteiger partial charge in [-0.25, -0.2) is 9.97 Å². The fourth-order valence-corrected chi connectivity index (χ4v) is 4.77. The van der Waals surface area contributed by atoms with Crippen LogP contribution in [0.1, 0.15) is 11.8 Å². The van der Waals surface area contributed by atoms with E-state index in [-0.39, 0.29) is 6.23 Å². The molecule has 4 nitrogen and oxygen atoms in total. The minimum Gasteiger partial charge on any atom is -0.464 e. The van der Waals surface area contributed by atoms with Gasteiger partial charge in [0.1, 0.15) is 0 Å². The summed E-state index contributed by atoms with van der Waals surface area (Å²) in [6.07, 6.45) is -0.186. The van der Waals surface area contributed by atoms with E-state index in [1.54, 1.807) is 0 Å². The third-order valence-electron chi connectivity index (χ3n) is 6.50. The molecule has 0 fully saturated rings. The van der Waals surface area contributed by atoms with E-state index in [2.05, 4.69) is 66.0 Å². The maximum absolute atomic E-state index is 6.34. The molecule has 1 aliphatic heterocycles.